The summed E-state index contributed by atoms with van der Waals surface area (Å²) in [6, 6.07) is 2.42. The van der Waals surface area contributed by atoms with Crippen LogP contribution in [0.15, 0.2) is 18.2 Å². The van der Waals surface area contributed by atoms with Crippen LogP contribution in [-0.4, -0.2) is 29.4 Å². The average molecular weight is 346 g/mol. The van der Waals surface area contributed by atoms with E-state index in [1.54, 1.807) is 0 Å². The number of halogens is 3. The van der Waals surface area contributed by atoms with E-state index in [-0.39, 0.29) is 17.8 Å². The molecule has 132 valence electrons. The first kappa shape index (κ1) is 19.5. The Balaban J connectivity index is 3.10. The Hall–Kier alpha value is -2.58. The van der Waals surface area contributed by atoms with Gasteiger partial charge in [0, 0.05) is 24.7 Å². The smallest absolute Gasteiger partial charge is 0.416 e. The fourth-order valence-corrected chi connectivity index (χ4v) is 1.68. The first-order valence-electron chi connectivity index (χ1n) is 6.84. The van der Waals surface area contributed by atoms with E-state index in [1.165, 1.54) is 13.8 Å². The molecule has 2 amide bonds. The summed E-state index contributed by atoms with van der Waals surface area (Å²) in [6.07, 6.45) is -4.70. The van der Waals surface area contributed by atoms with Crippen LogP contribution in [0.3, 0.4) is 0 Å². The highest BCUT2D eigenvalue weighted by molar-refractivity contribution is 5.97. The van der Waals surface area contributed by atoms with Gasteiger partial charge in [0.05, 0.1) is 11.0 Å². The van der Waals surface area contributed by atoms with Crippen molar-refractivity contribution in [2.45, 2.75) is 26.9 Å². The minimum Gasteiger partial charge on any atom is -0.481 e. The Bertz CT molecular complexity index is 669. The van der Waals surface area contributed by atoms with Gasteiger partial charge in [0.1, 0.15) is 0 Å². The van der Waals surface area contributed by atoms with Gasteiger partial charge in [-0.15, -0.1) is 0 Å². The number of rotatable bonds is 5. The van der Waals surface area contributed by atoms with Crippen LogP contribution in [0.2, 0.25) is 0 Å². The summed E-state index contributed by atoms with van der Waals surface area (Å²) in [5, 5.41) is 13.4. The normalized spacial score (nSPS) is 11.8. The second-order valence-corrected chi connectivity index (χ2v) is 5.85. The molecule has 24 heavy (non-hydrogen) atoms. The van der Waals surface area contributed by atoms with Gasteiger partial charge in [-0.25, -0.2) is 0 Å². The van der Waals surface area contributed by atoms with Crippen LogP contribution < -0.4 is 10.6 Å². The van der Waals surface area contributed by atoms with Gasteiger partial charge in [0.25, 0.3) is 5.91 Å². The van der Waals surface area contributed by atoms with Crippen molar-refractivity contribution in [2.75, 3.05) is 11.9 Å². The van der Waals surface area contributed by atoms with Gasteiger partial charge in [-0.2, -0.15) is 13.2 Å². The van der Waals surface area contributed by atoms with Crippen molar-refractivity contribution in [3.63, 3.8) is 0 Å². The van der Waals surface area contributed by atoms with E-state index in [4.69, 9.17) is 5.11 Å². The number of hydrogen-bond acceptors (Lipinski definition) is 3. The van der Waals surface area contributed by atoms with Crippen LogP contribution >= 0.6 is 0 Å². The Kier molecular flexibility index (Phi) is 5.59. The fraction of sp³-hybridized carbons (Fsp3) is 0.400. The predicted molar refractivity (Wildman–Crippen MR) is 79.5 cm³/mol. The highest BCUT2D eigenvalue weighted by atomic mass is 19.4. The maximum Gasteiger partial charge on any atom is 0.416 e. The number of benzene rings is 1. The van der Waals surface area contributed by atoms with Crippen LogP contribution in [0, 0.1) is 5.41 Å². The van der Waals surface area contributed by atoms with Crippen molar-refractivity contribution in [2.24, 2.45) is 5.41 Å². The average Bonchev–Trinajstić information content (AvgIpc) is 2.42. The van der Waals surface area contributed by atoms with E-state index >= 15 is 0 Å². The summed E-state index contributed by atoms with van der Waals surface area (Å²) in [6.45, 7) is 3.58. The first-order chi connectivity index (χ1) is 10.8. The molecule has 1 rings (SSSR count). The van der Waals surface area contributed by atoms with Gasteiger partial charge in [-0.05, 0) is 32.0 Å². The molecule has 0 heterocycles. The molecule has 0 bridgehead atoms. The molecule has 0 saturated carbocycles. The van der Waals surface area contributed by atoms with E-state index in [2.05, 4.69) is 10.6 Å². The maximum atomic E-state index is 12.9. The molecular formula is C15H17F3N2O4. The van der Waals surface area contributed by atoms with Crippen LogP contribution in [-0.2, 0) is 15.8 Å². The topological polar surface area (TPSA) is 95.5 Å². The zero-order valence-corrected chi connectivity index (χ0v) is 13.2. The predicted octanol–water partition coefficient (Wildman–Crippen LogP) is 2.50. The molecule has 0 radical (unpaired) electrons. The summed E-state index contributed by atoms with van der Waals surface area (Å²) in [7, 11) is 0. The second-order valence-electron chi connectivity index (χ2n) is 5.85. The van der Waals surface area contributed by atoms with Crippen molar-refractivity contribution in [3.8, 4) is 0 Å². The molecule has 0 fully saturated rings. The number of amides is 2. The fourth-order valence-electron chi connectivity index (χ4n) is 1.68. The summed E-state index contributed by atoms with van der Waals surface area (Å²) in [5.41, 5.74) is -2.90. The number of carbonyl (C=O) groups excluding carboxylic acids is 2. The minimum atomic E-state index is -4.70. The van der Waals surface area contributed by atoms with E-state index in [0.29, 0.717) is 12.1 Å². The lowest BCUT2D eigenvalue weighted by molar-refractivity contribution is -0.146. The van der Waals surface area contributed by atoms with Crippen LogP contribution in [0.5, 0.6) is 0 Å². The molecule has 0 spiro atoms. The van der Waals surface area contributed by atoms with Gasteiger partial charge in [0.15, 0.2) is 0 Å². The lowest BCUT2D eigenvalue weighted by atomic mass is 9.94. The molecule has 9 heteroatoms. The van der Waals surface area contributed by atoms with Crippen molar-refractivity contribution in [1.29, 1.82) is 0 Å². The Labute approximate surface area is 136 Å². The number of nitrogens with one attached hydrogen (secondary N) is 2. The van der Waals surface area contributed by atoms with Crippen molar-refractivity contribution in [3.05, 3.63) is 29.3 Å². The largest absolute Gasteiger partial charge is 0.481 e. The second kappa shape index (κ2) is 6.90. The summed E-state index contributed by atoms with van der Waals surface area (Å²) < 4.78 is 38.7. The van der Waals surface area contributed by atoms with Gasteiger partial charge in [0.2, 0.25) is 5.91 Å². The summed E-state index contributed by atoms with van der Waals surface area (Å²) >= 11 is 0. The highest BCUT2D eigenvalue weighted by Crippen LogP contribution is 2.32. The number of alkyl halides is 3. The lowest BCUT2D eigenvalue weighted by Crippen LogP contribution is -2.39. The SMILES string of the molecule is CC(=O)Nc1cc(C(=O)NCC(C)(C)C(=O)O)cc(C(F)(F)F)c1. The van der Waals surface area contributed by atoms with E-state index < -0.39 is 34.9 Å². The van der Waals surface area contributed by atoms with E-state index in [9.17, 15) is 27.6 Å². The van der Waals surface area contributed by atoms with Crippen molar-refractivity contribution < 1.29 is 32.7 Å². The van der Waals surface area contributed by atoms with Gasteiger partial charge in [-0.1, -0.05) is 0 Å². The number of carboxylic acid groups (broad SMARTS) is 1. The third-order valence-electron chi connectivity index (χ3n) is 3.11. The molecule has 3 N–H and O–H groups in total. The molecule has 6 nitrogen and oxygen atoms in total. The minimum absolute atomic E-state index is 0.181. The van der Waals surface area contributed by atoms with Gasteiger partial charge >= 0.3 is 12.1 Å². The third kappa shape index (κ3) is 5.25. The molecule has 0 saturated heterocycles. The molecule has 0 atom stereocenters. The van der Waals surface area contributed by atoms with Gasteiger partial charge < -0.3 is 15.7 Å². The standard InChI is InChI=1S/C15H17F3N2O4/c1-8(21)20-11-5-9(4-10(6-11)15(16,17)18)12(22)19-7-14(2,3)13(23)24/h4-6H,7H2,1-3H3,(H,19,22)(H,20,21)(H,23,24). The quantitative estimate of drug-likeness (QED) is 0.763. The molecular weight excluding hydrogens is 329 g/mol. The van der Waals surface area contributed by atoms with E-state index in [0.717, 1.165) is 13.0 Å². The molecule has 0 aliphatic rings. The van der Waals surface area contributed by atoms with Crippen LogP contribution in [0.25, 0.3) is 0 Å². The van der Waals surface area contributed by atoms with Gasteiger partial charge in [-0.3, -0.25) is 14.4 Å². The third-order valence-corrected chi connectivity index (χ3v) is 3.11. The molecule has 0 aliphatic carbocycles. The number of aliphatic carboxylic acids is 1. The van der Waals surface area contributed by atoms with Crippen molar-refractivity contribution in [1.82, 2.24) is 5.32 Å². The molecule has 0 aliphatic heterocycles. The number of anilines is 1. The maximum absolute atomic E-state index is 12.9. The number of carbonyl (C=O) groups is 3. The monoisotopic (exact) mass is 346 g/mol. The Morgan fingerprint density at radius 3 is 2.17 bits per heavy atom. The van der Waals surface area contributed by atoms with Crippen LogP contribution in [0.1, 0.15) is 36.7 Å². The summed E-state index contributed by atoms with van der Waals surface area (Å²) in [4.78, 5) is 34.1. The van der Waals surface area contributed by atoms with E-state index in [1.807, 2.05) is 0 Å². The Morgan fingerprint density at radius 2 is 1.71 bits per heavy atom. The Morgan fingerprint density at radius 1 is 1.12 bits per heavy atom. The zero-order chi connectivity index (χ0) is 18.7. The molecule has 1 aromatic rings. The number of hydrogen-bond donors (Lipinski definition) is 3. The molecule has 0 aromatic heterocycles. The first-order valence-corrected chi connectivity index (χ1v) is 6.84. The molecule has 0 unspecified atom stereocenters. The molecule has 1 aromatic carbocycles. The zero-order valence-electron chi connectivity index (χ0n) is 13.2. The lowest BCUT2D eigenvalue weighted by Gasteiger charge is -2.20. The number of carboxylic acids is 1. The summed E-state index contributed by atoms with van der Waals surface area (Å²) in [5.74, 6) is -2.62. The van der Waals surface area contributed by atoms with Crippen LogP contribution in [0.4, 0.5) is 18.9 Å². The highest BCUT2D eigenvalue weighted by Gasteiger charge is 2.32. The van der Waals surface area contributed by atoms with Crippen molar-refractivity contribution >= 4 is 23.5 Å².